The quantitative estimate of drug-likeness (QED) is 0.859. The maximum Gasteiger partial charge on any atom is 0.275 e. The third kappa shape index (κ3) is 4.60. The molecule has 0 aliphatic carbocycles. The van der Waals surface area contributed by atoms with E-state index in [0.29, 0.717) is 6.54 Å². The fourth-order valence-corrected chi connectivity index (χ4v) is 2.76. The first-order valence-electron chi connectivity index (χ1n) is 7.53. The largest absolute Gasteiger partial charge is 0.345 e. The van der Waals surface area contributed by atoms with Crippen molar-refractivity contribution in [3.8, 4) is 0 Å². The highest BCUT2D eigenvalue weighted by Crippen LogP contribution is 2.12. The highest BCUT2D eigenvalue weighted by Gasteiger charge is 2.17. The van der Waals surface area contributed by atoms with E-state index in [0.717, 1.165) is 18.7 Å². The van der Waals surface area contributed by atoms with Crippen LogP contribution in [0.2, 0.25) is 0 Å². The normalized spacial score (nSPS) is 18.3. The fraction of sp³-hybridized carbons (Fsp3) is 0.562. The molecular weight excluding hydrogens is 255 g/mol. The molecule has 1 atom stereocenters. The van der Waals surface area contributed by atoms with Gasteiger partial charge in [-0.05, 0) is 50.3 Å². The molecule has 1 aromatic rings. The van der Waals surface area contributed by atoms with Crippen LogP contribution in [0.25, 0.3) is 0 Å². The Bertz CT molecular complexity index is 425. The maximum atomic E-state index is 12.9. The molecule has 1 heterocycles. The molecule has 20 heavy (non-hydrogen) atoms. The third-order valence-electron chi connectivity index (χ3n) is 3.97. The predicted octanol–water partition coefficient (Wildman–Crippen LogP) is 1.46. The maximum absolute atomic E-state index is 12.9. The van der Waals surface area contributed by atoms with Gasteiger partial charge in [0.2, 0.25) is 0 Å². The minimum absolute atomic E-state index is 0.0746. The van der Waals surface area contributed by atoms with Crippen LogP contribution in [0.4, 0.5) is 4.39 Å². The molecular formula is C16H24FN2O+. The molecule has 4 heteroatoms. The van der Waals surface area contributed by atoms with E-state index >= 15 is 0 Å². The van der Waals surface area contributed by atoms with E-state index in [1.807, 2.05) is 6.92 Å². The van der Waals surface area contributed by atoms with Gasteiger partial charge < -0.3 is 10.2 Å². The summed E-state index contributed by atoms with van der Waals surface area (Å²) in [5.74, 6) is -0.167. The molecule has 2 N–H and O–H groups in total. The summed E-state index contributed by atoms with van der Waals surface area (Å²) in [7, 11) is 0. The summed E-state index contributed by atoms with van der Waals surface area (Å²) in [6.07, 6.45) is 5.01. The van der Waals surface area contributed by atoms with Crippen molar-refractivity contribution in [1.29, 1.82) is 0 Å². The van der Waals surface area contributed by atoms with Crippen molar-refractivity contribution in [2.24, 2.45) is 0 Å². The summed E-state index contributed by atoms with van der Waals surface area (Å²) in [6.45, 7) is 4.67. The third-order valence-corrected chi connectivity index (χ3v) is 3.97. The average Bonchev–Trinajstić information content (AvgIpc) is 2.68. The second-order valence-corrected chi connectivity index (χ2v) is 5.68. The van der Waals surface area contributed by atoms with E-state index in [9.17, 15) is 9.18 Å². The molecule has 2 rings (SSSR count). The summed E-state index contributed by atoms with van der Waals surface area (Å²) in [4.78, 5) is 13.4. The first kappa shape index (κ1) is 15.0. The Morgan fingerprint density at radius 3 is 2.40 bits per heavy atom. The molecule has 1 aliphatic rings. The summed E-state index contributed by atoms with van der Waals surface area (Å²) in [5.41, 5.74) is 0.936. The zero-order valence-electron chi connectivity index (χ0n) is 12.1. The molecule has 0 radical (unpaired) electrons. The van der Waals surface area contributed by atoms with Crippen LogP contribution in [0.5, 0.6) is 0 Å². The zero-order chi connectivity index (χ0) is 14.4. The number of hydrogen-bond acceptors (Lipinski definition) is 1. The molecule has 110 valence electrons. The molecule has 0 spiro atoms. The second kappa shape index (κ2) is 7.39. The number of amides is 1. The van der Waals surface area contributed by atoms with Gasteiger partial charge in [0.15, 0.2) is 6.54 Å². The number of rotatable bonds is 4. The van der Waals surface area contributed by atoms with Crippen molar-refractivity contribution >= 4 is 5.91 Å². The molecule has 1 amide bonds. The van der Waals surface area contributed by atoms with E-state index in [2.05, 4.69) is 5.32 Å². The SMILES string of the molecule is C[C@@H](NC(=O)C[NH+]1CCCCCC1)c1ccc(F)cc1. The lowest BCUT2D eigenvalue weighted by Crippen LogP contribution is -3.13. The molecule has 0 aromatic heterocycles. The number of quaternary nitrogens is 1. The fourth-order valence-electron chi connectivity index (χ4n) is 2.76. The van der Waals surface area contributed by atoms with Gasteiger partial charge in [-0.1, -0.05) is 12.1 Å². The van der Waals surface area contributed by atoms with Crippen molar-refractivity contribution < 1.29 is 14.1 Å². The van der Waals surface area contributed by atoms with Crippen LogP contribution in [0.15, 0.2) is 24.3 Å². The van der Waals surface area contributed by atoms with Gasteiger partial charge >= 0.3 is 0 Å². The Labute approximate surface area is 120 Å². The Kier molecular flexibility index (Phi) is 5.53. The van der Waals surface area contributed by atoms with Crippen molar-refractivity contribution in [2.75, 3.05) is 19.6 Å². The highest BCUT2D eigenvalue weighted by molar-refractivity contribution is 5.77. The first-order valence-corrected chi connectivity index (χ1v) is 7.53. The smallest absolute Gasteiger partial charge is 0.275 e. The molecule has 0 saturated carbocycles. The minimum atomic E-state index is -0.249. The lowest BCUT2D eigenvalue weighted by molar-refractivity contribution is -0.891. The van der Waals surface area contributed by atoms with E-state index in [-0.39, 0.29) is 17.8 Å². The van der Waals surface area contributed by atoms with Gasteiger partial charge in [-0.2, -0.15) is 0 Å². The summed E-state index contributed by atoms with van der Waals surface area (Å²) < 4.78 is 12.9. The number of benzene rings is 1. The zero-order valence-corrected chi connectivity index (χ0v) is 12.1. The highest BCUT2D eigenvalue weighted by atomic mass is 19.1. The van der Waals surface area contributed by atoms with Gasteiger partial charge in [-0.25, -0.2) is 4.39 Å². The van der Waals surface area contributed by atoms with Crippen molar-refractivity contribution in [3.63, 3.8) is 0 Å². The van der Waals surface area contributed by atoms with Crippen molar-refractivity contribution in [2.45, 2.75) is 38.6 Å². The standard InChI is InChI=1S/C16H23FN2O/c1-13(14-6-8-15(17)9-7-14)18-16(20)12-19-10-4-2-3-5-11-19/h6-9,13H,2-5,10-12H2,1H3,(H,18,20)/p+1/t13-/m1/s1. The summed E-state index contributed by atoms with van der Waals surface area (Å²) >= 11 is 0. The Balaban J connectivity index is 1.82. The van der Waals surface area contributed by atoms with Crippen LogP contribution in [0.1, 0.15) is 44.2 Å². The average molecular weight is 279 g/mol. The van der Waals surface area contributed by atoms with Gasteiger partial charge in [-0.3, -0.25) is 4.79 Å². The number of hydrogen-bond donors (Lipinski definition) is 2. The van der Waals surface area contributed by atoms with Gasteiger partial charge in [0.25, 0.3) is 5.91 Å². The number of halogens is 1. The number of nitrogens with one attached hydrogen (secondary N) is 2. The topological polar surface area (TPSA) is 33.5 Å². The number of likely N-dealkylation sites (tertiary alicyclic amines) is 1. The molecule has 0 bridgehead atoms. The lowest BCUT2D eigenvalue weighted by Gasteiger charge is -2.19. The van der Waals surface area contributed by atoms with Gasteiger partial charge in [0.05, 0.1) is 19.1 Å². The minimum Gasteiger partial charge on any atom is -0.345 e. The van der Waals surface area contributed by atoms with E-state index < -0.39 is 0 Å². The number of carbonyl (C=O) groups is 1. The molecule has 1 aromatic carbocycles. The van der Waals surface area contributed by atoms with Gasteiger partial charge in [-0.15, -0.1) is 0 Å². The van der Waals surface area contributed by atoms with E-state index in [1.165, 1.54) is 42.7 Å². The predicted molar refractivity (Wildman–Crippen MR) is 77.0 cm³/mol. The van der Waals surface area contributed by atoms with Crippen molar-refractivity contribution in [3.05, 3.63) is 35.6 Å². The Morgan fingerprint density at radius 2 is 1.80 bits per heavy atom. The van der Waals surface area contributed by atoms with Crippen LogP contribution in [0, 0.1) is 5.82 Å². The van der Waals surface area contributed by atoms with Gasteiger partial charge in [0.1, 0.15) is 5.82 Å². The van der Waals surface area contributed by atoms with Crippen LogP contribution >= 0.6 is 0 Å². The van der Waals surface area contributed by atoms with Crippen LogP contribution in [-0.4, -0.2) is 25.5 Å². The summed E-state index contributed by atoms with van der Waals surface area (Å²) in [5, 5.41) is 3.00. The van der Waals surface area contributed by atoms with E-state index in [1.54, 1.807) is 12.1 Å². The lowest BCUT2D eigenvalue weighted by atomic mass is 10.1. The monoisotopic (exact) mass is 279 g/mol. The first-order chi connectivity index (χ1) is 9.65. The van der Waals surface area contributed by atoms with Crippen LogP contribution in [0.3, 0.4) is 0 Å². The van der Waals surface area contributed by atoms with E-state index in [4.69, 9.17) is 0 Å². The van der Waals surface area contributed by atoms with Crippen molar-refractivity contribution in [1.82, 2.24) is 5.32 Å². The second-order valence-electron chi connectivity index (χ2n) is 5.68. The molecule has 1 fully saturated rings. The molecule has 1 aliphatic heterocycles. The molecule has 0 unspecified atom stereocenters. The Morgan fingerprint density at radius 1 is 1.20 bits per heavy atom. The molecule has 1 saturated heterocycles. The Hall–Kier alpha value is -1.42. The molecule has 3 nitrogen and oxygen atoms in total. The van der Waals surface area contributed by atoms with Gasteiger partial charge in [0, 0.05) is 0 Å². The number of carbonyl (C=O) groups excluding carboxylic acids is 1. The van der Waals surface area contributed by atoms with Crippen LogP contribution in [-0.2, 0) is 4.79 Å². The summed E-state index contributed by atoms with van der Waals surface area (Å²) in [6, 6.07) is 6.23. The van der Waals surface area contributed by atoms with Crippen LogP contribution < -0.4 is 10.2 Å².